The van der Waals surface area contributed by atoms with Crippen molar-refractivity contribution in [2.75, 3.05) is 0 Å². The predicted octanol–water partition coefficient (Wildman–Crippen LogP) is 3.65. The first kappa shape index (κ1) is 10.6. The number of benzene rings is 2. The third kappa shape index (κ3) is 1.76. The Labute approximate surface area is 92.0 Å². The smallest absolute Gasteiger partial charge is 0.175 e. The van der Waals surface area contributed by atoms with Crippen LogP contribution in [0.3, 0.4) is 0 Å². The Hall–Kier alpha value is -1.90. The molecule has 1 N–H and O–H groups in total. The summed E-state index contributed by atoms with van der Waals surface area (Å²) < 4.78 is 27.1. The van der Waals surface area contributed by atoms with Gasteiger partial charge in [0.05, 0.1) is 5.56 Å². The quantitative estimate of drug-likeness (QED) is 0.777. The van der Waals surface area contributed by atoms with E-state index in [1.807, 2.05) is 13.0 Å². The highest BCUT2D eigenvalue weighted by Crippen LogP contribution is 2.31. The molecule has 1 nitrogen and oxygen atoms in total. The summed E-state index contributed by atoms with van der Waals surface area (Å²) in [6.07, 6.45) is 0. The van der Waals surface area contributed by atoms with E-state index in [4.69, 9.17) is 0 Å². The third-order valence-corrected chi connectivity index (χ3v) is 2.38. The van der Waals surface area contributed by atoms with Crippen molar-refractivity contribution in [3.63, 3.8) is 0 Å². The summed E-state index contributed by atoms with van der Waals surface area (Å²) in [5.74, 6) is -2.15. The molecule has 0 aliphatic carbocycles. The number of hydrogen-bond acceptors (Lipinski definition) is 1. The maximum absolute atomic E-state index is 13.6. The number of aryl methyl sites for hydroxylation is 1. The largest absolute Gasteiger partial charge is 0.505 e. The molecule has 2 aromatic rings. The number of aromatic hydroxyl groups is 1. The van der Waals surface area contributed by atoms with Crippen LogP contribution in [0.4, 0.5) is 8.78 Å². The monoisotopic (exact) mass is 220 g/mol. The van der Waals surface area contributed by atoms with Gasteiger partial charge in [0.25, 0.3) is 0 Å². The Morgan fingerprint density at radius 1 is 1.06 bits per heavy atom. The van der Waals surface area contributed by atoms with Gasteiger partial charge in [0.15, 0.2) is 11.6 Å². The molecule has 0 radical (unpaired) electrons. The van der Waals surface area contributed by atoms with Gasteiger partial charge in [0.1, 0.15) is 5.82 Å². The van der Waals surface area contributed by atoms with Crippen molar-refractivity contribution in [3.8, 4) is 16.9 Å². The summed E-state index contributed by atoms with van der Waals surface area (Å²) >= 11 is 0. The zero-order valence-corrected chi connectivity index (χ0v) is 8.67. The van der Waals surface area contributed by atoms with Crippen LogP contribution >= 0.6 is 0 Å². The minimum Gasteiger partial charge on any atom is -0.505 e. The highest BCUT2D eigenvalue weighted by molar-refractivity contribution is 5.67. The lowest BCUT2D eigenvalue weighted by Gasteiger charge is -2.07. The molecule has 16 heavy (non-hydrogen) atoms. The lowest BCUT2D eigenvalue weighted by molar-refractivity contribution is 0.429. The molecule has 3 heteroatoms. The van der Waals surface area contributed by atoms with E-state index in [1.54, 1.807) is 18.2 Å². The van der Waals surface area contributed by atoms with Crippen LogP contribution in [0.15, 0.2) is 36.4 Å². The summed E-state index contributed by atoms with van der Waals surface area (Å²) in [5, 5.41) is 9.21. The van der Waals surface area contributed by atoms with Crippen LogP contribution in [0.1, 0.15) is 5.56 Å². The minimum absolute atomic E-state index is 0.191. The van der Waals surface area contributed by atoms with Crippen molar-refractivity contribution in [1.82, 2.24) is 0 Å². The van der Waals surface area contributed by atoms with Crippen LogP contribution in [0.25, 0.3) is 11.1 Å². The Bertz CT molecular complexity index is 535. The van der Waals surface area contributed by atoms with Gasteiger partial charge in [-0.3, -0.25) is 0 Å². The summed E-state index contributed by atoms with van der Waals surface area (Å²) in [6.45, 7) is 1.84. The van der Waals surface area contributed by atoms with E-state index in [-0.39, 0.29) is 5.56 Å². The summed E-state index contributed by atoms with van der Waals surface area (Å²) in [5.41, 5.74) is 1.13. The lowest BCUT2D eigenvalue weighted by Crippen LogP contribution is -1.90. The second-order valence-corrected chi connectivity index (χ2v) is 3.62. The van der Waals surface area contributed by atoms with Crippen LogP contribution in [-0.2, 0) is 0 Å². The van der Waals surface area contributed by atoms with Gasteiger partial charge in [-0.25, -0.2) is 8.78 Å². The van der Waals surface area contributed by atoms with Crippen LogP contribution in [0.2, 0.25) is 0 Å². The molecule has 0 atom stereocenters. The number of phenols is 1. The zero-order valence-electron chi connectivity index (χ0n) is 8.67. The molecule has 0 aliphatic rings. The first-order valence-corrected chi connectivity index (χ1v) is 4.83. The molecule has 0 saturated heterocycles. The Morgan fingerprint density at radius 3 is 2.50 bits per heavy atom. The molecule has 0 bridgehead atoms. The van der Waals surface area contributed by atoms with Crippen molar-refractivity contribution in [1.29, 1.82) is 0 Å². The third-order valence-electron chi connectivity index (χ3n) is 2.38. The summed E-state index contributed by atoms with van der Waals surface area (Å²) in [6, 6.07) is 8.88. The lowest BCUT2D eigenvalue weighted by atomic mass is 10.0. The minimum atomic E-state index is -0.925. The molecule has 0 aromatic heterocycles. The van der Waals surface area contributed by atoms with E-state index in [2.05, 4.69) is 0 Å². The molecular formula is C13H10F2O. The van der Waals surface area contributed by atoms with Crippen molar-refractivity contribution >= 4 is 0 Å². The maximum atomic E-state index is 13.6. The number of hydrogen-bond donors (Lipinski definition) is 1. The Morgan fingerprint density at radius 2 is 1.81 bits per heavy atom. The molecule has 2 aromatic carbocycles. The second kappa shape index (κ2) is 3.93. The topological polar surface area (TPSA) is 20.2 Å². The molecular weight excluding hydrogens is 210 g/mol. The van der Waals surface area contributed by atoms with Crippen molar-refractivity contribution in [2.24, 2.45) is 0 Å². The average molecular weight is 220 g/mol. The van der Waals surface area contributed by atoms with Gasteiger partial charge in [0.2, 0.25) is 0 Å². The van der Waals surface area contributed by atoms with Gasteiger partial charge in [0, 0.05) is 0 Å². The molecule has 0 spiro atoms. The summed E-state index contributed by atoms with van der Waals surface area (Å²) in [4.78, 5) is 0. The Kier molecular flexibility index (Phi) is 2.60. The number of rotatable bonds is 1. The van der Waals surface area contributed by atoms with E-state index in [9.17, 15) is 13.9 Å². The van der Waals surface area contributed by atoms with Gasteiger partial charge < -0.3 is 5.11 Å². The van der Waals surface area contributed by atoms with Crippen molar-refractivity contribution in [3.05, 3.63) is 53.6 Å². The SMILES string of the molecule is Cc1cccc(-c2c(F)ccc(O)c2F)c1. The second-order valence-electron chi connectivity index (χ2n) is 3.62. The van der Waals surface area contributed by atoms with E-state index in [1.165, 1.54) is 0 Å². The first-order valence-electron chi connectivity index (χ1n) is 4.83. The average Bonchev–Trinajstić information content (AvgIpc) is 2.24. The van der Waals surface area contributed by atoms with Gasteiger partial charge >= 0.3 is 0 Å². The molecule has 0 saturated carbocycles. The normalized spacial score (nSPS) is 10.4. The van der Waals surface area contributed by atoms with Crippen LogP contribution in [0, 0.1) is 18.6 Å². The molecule has 82 valence electrons. The molecule has 0 amide bonds. The highest BCUT2D eigenvalue weighted by atomic mass is 19.1. The Balaban J connectivity index is 2.68. The van der Waals surface area contributed by atoms with Crippen LogP contribution in [-0.4, -0.2) is 5.11 Å². The van der Waals surface area contributed by atoms with E-state index in [0.717, 1.165) is 17.7 Å². The number of phenolic OH excluding ortho intramolecular Hbond substituents is 1. The summed E-state index contributed by atoms with van der Waals surface area (Å²) in [7, 11) is 0. The van der Waals surface area contributed by atoms with E-state index < -0.39 is 17.4 Å². The van der Waals surface area contributed by atoms with E-state index >= 15 is 0 Å². The molecule has 0 unspecified atom stereocenters. The molecule has 0 aliphatic heterocycles. The molecule has 0 fully saturated rings. The van der Waals surface area contributed by atoms with Gasteiger partial charge in [-0.15, -0.1) is 0 Å². The van der Waals surface area contributed by atoms with E-state index in [0.29, 0.717) is 5.56 Å². The van der Waals surface area contributed by atoms with Crippen molar-refractivity contribution in [2.45, 2.75) is 6.92 Å². The maximum Gasteiger partial charge on any atom is 0.175 e. The van der Waals surface area contributed by atoms with Gasteiger partial charge in [-0.2, -0.15) is 0 Å². The predicted molar refractivity (Wildman–Crippen MR) is 58.2 cm³/mol. The van der Waals surface area contributed by atoms with Crippen LogP contribution < -0.4 is 0 Å². The first-order chi connectivity index (χ1) is 7.59. The standard InChI is InChI=1S/C13H10F2O/c1-8-3-2-4-9(7-8)12-10(14)5-6-11(16)13(12)15/h2-7,16H,1H3. The van der Waals surface area contributed by atoms with Crippen LogP contribution in [0.5, 0.6) is 5.75 Å². The fourth-order valence-electron chi connectivity index (χ4n) is 1.61. The highest BCUT2D eigenvalue weighted by Gasteiger charge is 2.14. The van der Waals surface area contributed by atoms with Gasteiger partial charge in [-0.05, 0) is 24.6 Å². The molecule has 2 rings (SSSR count). The zero-order chi connectivity index (χ0) is 11.7. The molecule has 0 heterocycles. The van der Waals surface area contributed by atoms with Gasteiger partial charge in [-0.1, -0.05) is 29.8 Å². The fourth-order valence-corrected chi connectivity index (χ4v) is 1.61. The van der Waals surface area contributed by atoms with Crippen molar-refractivity contribution < 1.29 is 13.9 Å². The number of halogens is 2. The fraction of sp³-hybridized carbons (Fsp3) is 0.0769.